The van der Waals surface area contributed by atoms with E-state index in [2.05, 4.69) is 23.1 Å². The second-order valence-electron chi connectivity index (χ2n) is 15.2. The zero-order valence-corrected chi connectivity index (χ0v) is 29.9. The molecule has 0 radical (unpaired) electrons. The van der Waals surface area contributed by atoms with Gasteiger partial charge in [0.1, 0.15) is 5.75 Å². The monoisotopic (exact) mass is 725 g/mol. The molecule has 2 aliphatic carbocycles. The van der Waals surface area contributed by atoms with E-state index in [1.807, 2.05) is 54.6 Å². The normalized spacial score (nSPS) is 28.8. The number of hydrogen-bond donors (Lipinski definition) is 1. The van der Waals surface area contributed by atoms with Crippen LogP contribution in [0.1, 0.15) is 48.3 Å². The number of carbonyl (C=O) groups excluding carboxylic acids is 4. The molecule has 0 spiro atoms. The lowest BCUT2D eigenvalue weighted by Crippen LogP contribution is -2.53. The fourth-order valence-corrected chi connectivity index (χ4v) is 10.6. The Hall–Kier alpha value is -5.05. The summed E-state index contributed by atoms with van der Waals surface area (Å²) in [7, 11) is 0. The van der Waals surface area contributed by atoms with Crippen LogP contribution in [0.3, 0.4) is 0 Å². The Morgan fingerprint density at radius 1 is 0.755 bits per heavy atom. The topological polar surface area (TPSA) is 98.2 Å². The number of halogens is 1. The minimum atomic E-state index is -1.37. The Labute approximate surface area is 313 Å². The largest absolute Gasteiger partial charge is 0.508 e. The lowest BCUT2D eigenvalue weighted by Gasteiger charge is -2.50. The summed E-state index contributed by atoms with van der Waals surface area (Å²) in [4.78, 5) is 64.4. The van der Waals surface area contributed by atoms with E-state index < -0.39 is 35.0 Å². The third-order valence-corrected chi connectivity index (χ3v) is 12.8. The predicted molar refractivity (Wildman–Crippen MR) is 201 cm³/mol. The van der Waals surface area contributed by atoms with Crippen LogP contribution in [-0.4, -0.2) is 57.7 Å². The molecular weight excluding hydrogens is 686 g/mol. The van der Waals surface area contributed by atoms with Crippen LogP contribution in [0.15, 0.2) is 121 Å². The SMILES string of the molecule is O=C1C2CC3C(=CCC4C(=O)N(C5CCN(Cc6ccccc6)CC5)C(=O)C43)C(c3cccc(O)c3)C2(c2ccccc2)C(=O)N1c1cccc(Cl)c1. The fourth-order valence-electron chi connectivity index (χ4n) is 10.4. The van der Waals surface area contributed by atoms with E-state index in [9.17, 15) is 19.5 Å². The Balaban J connectivity index is 1.11. The molecule has 8 nitrogen and oxygen atoms in total. The van der Waals surface area contributed by atoms with Gasteiger partial charge in [-0.25, -0.2) is 4.90 Å². The first-order valence-electron chi connectivity index (χ1n) is 18.6. The molecule has 9 heteroatoms. The number of nitrogens with zero attached hydrogens (tertiary/aromatic N) is 3. The Morgan fingerprint density at radius 2 is 1.47 bits per heavy atom. The number of rotatable bonds is 6. The van der Waals surface area contributed by atoms with Crippen LogP contribution in [0.4, 0.5) is 5.69 Å². The van der Waals surface area contributed by atoms with Gasteiger partial charge in [0, 0.05) is 36.6 Å². The number of phenolic OH excluding ortho intramolecular Hbond substituents is 1. The van der Waals surface area contributed by atoms with Crippen LogP contribution in [0.25, 0.3) is 0 Å². The highest BCUT2D eigenvalue weighted by Crippen LogP contribution is 2.64. The number of carbonyl (C=O) groups is 4. The molecule has 6 atom stereocenters. The molecule has 0 bridgehead atoms. The number of fused-ring (bicyclic) bond motifs is 4. The lowest BCUT2D eigenvalue weighted by molar-refractivity contribution is -0.144. The molecule has 9 rings (SSSR count). The van der Waals surface area contributed by atoms with E-state index in [1.54, 1.807) is 47.4 Å². The first kappa shape index (κ1) is 33.8. The standard InChI is InChI=1S/C44H40ClN3O5/c45-30-14-8-15-32(24-30)48-41(51)37-25-36-34(39(28-11-7-16-33(49)23-28)44(37,43(48)53)29-12-5-2-6-13-29)17-18-35-38(36)42(52)47(40(35)50)31-19-21-46(22-20-31)26-27-9-3-1-4-10-27/h1-17,23-24,31,35-39,49H,18-22,25-26H2. The van der Waals surface area contributed by atoms with Crippen molar-refractivity contribution >= 4 is 40.9 Å². The van der Waals surface area contributed by atoms with Crippen LogP contribution < -0.4 is 4.90 Å². The van der Waals surface area contributed by atoms with E-state index in [-0.39, 0.29) is 41.8 Å². The summed E-state index contributed by atoms with van der Waals surface area (Å²) in [6.07, 6.45) is 4.10. The van der Waals surface area contributed by atoms with Gasteiger partial charge in [-0.3, -0.25) is 29.0 Å². The first-order chi connectivity index (χ1) is 25.8. The van der Waals surface area contributed by atoms with Gasteiger partial charge in [0.2, 0.25) is 23.6 Å². The molecular formula is C44H40ClN3O5. The highest BCUT2D eigenvalue weighted by atomic mass is 35.5. The summed E-state index contributed by atoms with van der Waals surface area (Å²) in [5.74, 6) is -4.10. The quantitative estimate of drug-likeness (QED) is 0.172. The number of hydrogen-bond acceptors (Lipinski definition) is 6. The van der Waals surface area contributed by atoms with E-state index in [4.69, 9.17) is 11.6 Å². The predicted octanol–water partition coefficient (Wildman–Crippen LogP) is 6.87. The molecule has 0 aromatic heterocycles. The fraction of sp³-hybridized carbons (Fsp3) is 0.318. The van der Waals surface area contributed by atoms with Crippen molar-refractivity contribution < 1.29 is 24.3 Å². The highest BCUT2D eigenvalue weighted by molar-refractivity contribution is 6.32. The van der Waals surface area contributed by atoms with Crippen molar-refractivity contribution in [1.82, 2.24) is 9.80 Å². The summed E-state index contributed by atoms with van der Waals surface area (Å²) in [6, 6.07) is 33.2. The van der Waals surface area contributed by atoms with Gasteiger partial charge in [0.05, 0.1) is 28.9 Å². The Kier molecular flexibility index (Phi) is 8.35. The zero-order valence-electron chi connectivity index (χ0n) is 29.2. The van der Waals surface area contributed by atoms with Crippen molar-refractivity contribution in [2.45, 2.75) is 49.6 Å². The van der Waals surface area contributed by atoms with Crippen LogP contribution in [0.2, 0.25) is 5.02 Å². The number of aromatic hydroxyl groups is 1. The van der Waals surface area contributed by atoms with Crippen LogP contribution in [0, 0.1) is 23.7 Å². The van der Waals surface area contributed by atoms with Crippen molar-refractivity contribution in [2.24, 2.45) is 23.7 Å². The summed E-state index contributed by atoms with van der Waals surface area (Å²) >= 11 is 6.41. The first-order valence-corrected chi connectivity index (χ1v) is 19.0. The van der Waals surface area contributed by atoms with E-state index >= 15 is 4.79 Å². The van der Waals surface area contributed by atoms with Crippen LogP contribution in [0.5, 0.6) is 5.75 Å². The summed E-state index contributed by atoms with van der Waals surface area (Å²) in [6.45, 7) is 2.40. The van der Waals surface area contributed by atoms with Crippen molar-refractivity contribution in [3.05, 3.63) is 143 Å². The lowest BCUT2D eigenvalue weighted by atomic mass is 9.49. The number of amides is 4. The van der Waals surface area contributed by atoms with Gasteiger partial charge in [0.25, 0.3) is 0 Å². The maximum atomic E-state index is 15.3. The summed E-state index contributed by atoms with van der Waals surface area (Å²) < 4.78 is 0. The second kappa shape index (κ2) is 13.1. The molecule has 3 saturated heterocycles. The molecule has 53 heavy (non-hydrogen) atoms. The minimum absolute atomic E-state index is 0.0408. The molecule has 3 heterocycles. The zero-order chi connectivity index (χ0) is 36.4. The number of imide groups is 2. The minimum Gasteiger partial charge on any atom is -0.508 e. The van der Waals surface area contributed by atoms with Crippen LogP contribution in [-0.2, 0) is 31.1 Å². The number of phenols is 1. The second-order valence-corrected chi connectivity index (χ2v) is 15.7. The van der Waals surface area contributed by atoms with E-state index in [0.717, 1.165) is 25.2 Å². The average molecular weight is 726 g/mol. The number of piperidine rings is 1. The maximum Gasteiger partial charge on any atom is 0.246 e. The van der Waals surface area contributed by atoms with Gasteiger partial charge in [-0.05, 0) is 78.6 Å². The molecule has 5 aliphatic rings. The van der Waals surface area contributed by atoms with E-state index in [0.29, 0.717) is 41.1 Å². The molecule has 4 fully saturated rings. The number of benzene rings is 4. The van der Waals surface area contributed by atoms with Gasteiger partial charge in [-0.2, -0.15) is 0 Å². The third-order valence-electron chi connectivity index (χ3n) is 12.6. The molecule has 1 saturated carbocycles. The number of allylic oxidation sites excluding steroid dienone is 2. The molecule has 6 unspecified atom stereocenters. The molecule has 4 aromatic carbocycles. The van der Waals surface area contributed by atoms with Gasteiger partial charge in [0.15, 0.2) is 0 Å². The molecule has 1 N–H and O–H groups in total. The number of anilines is 1. The highest BCUT2D eigenvalue weighted by Gasteiger charge is 2.70. The van der Waals surface area contributed by atoms with Gasteiger partial charge >= 0.3 is 0 Å². The number of likely N-dealkylation sites (tertiary alicyclic amines) is 2. The van der Waals surface area contributed by atoms with Gasteiger partial charge < -0.3 is 5.11 Å². The maximum absolute atomic E-state index is 15.3. The summed E-state index contributed by atoms with van der Waals surface area (Å²) in [5, 5.41) is 11.2. The Bertz CT molecular complexity index is 2150. The molecule has 4 aromatic rings. The van der Waals surface area contributed by atoms with Crippen molar-refractivity contribution in [3.8, 4) is 5.75 Å². The van der Waals surface area contributed by atoms with E-state index in [1.165, 1.54) is 10.5 Å². The average Bonchev–Trinajstić information content (AvgIpc) is 3.56. The van der Waals surface area contributed by atoms with Crippen molar-refractivity contribution in [1.29, 1.82) is 0 Å². The smallest absolute Gasteiger partial charge is 0.246 e. The summed E-state index contributed by atoms with van der Waals surface area (Å²) in [5.41, 5.74) is 2.51. The van der Waals surface area contributed by atoms with Crippen molar-refractivity contribution in [3.63, 3.8) is 0 Å². The van der Waals surface area contributed by atoms with Gasteiger partial charge in [-0.15, -0.1) is 0 Å². The molecule has 3 aliphatic heterocycles. The molecule has 4 amide bonds. The van der Waals surface area contributed by atoms with Gasteiger partial charge in [-0.1, -0.05) is 102 Å². The third kappa shape index (κ3) is 5.29. The molecule has 268 valence electrons. The Morgan fingerprint density at radius 3 is 2.19 bits per heavy atom. The van der Waals surface area contributed by atoms with Crippen molar-refractivity contribution in [2.75, 3.05) is 18.0 Å². The van der Waals surface area contributed by atoms with Crippen LogP contribution >= 0.6 is 11.6 Å².